The second kappa shape index (κ2) is 7.86. The van der Waals surface area contributed by atoms with Crippen LogP contribution in [0.3, 0.4) is 0 Å². The molecule has 2 aliphatic rings. The maximum Gasteiger partial charge on any atom is 0.261 e. The van der Waals surface area contributed by atoms with Crippen molar-refractivity contribution in [2.75, 3.05) is 5.73 Å². The number of aromatic nitrogens is 5. The minimum atomic E-state index is -0.893. The molecule has 0 unspecified atom stereocenters. The van der Waals surface area contributed by atoms with E-state index in [9.17, 15) is 15.0 Å². The van der Waals surface area contributed by atoms with Crippen molar-refractivity contribution >= 4 is 27.8 Å². The van der Waals surface area contributed by atoms with Crippen molar-refractivity contribution in [2.24, 2.45) is 11.3 Å². The summed E-state index contributed by atoms with van der Waals surface area (Å²) in [6.45, 7) is 5.01. The lowest BCUT2D eigenvalue weighted by Crippen LogP contribution is -2.29. The Morgan fingerprint density at radius 1 is 1.14 bits per heavy atom. The summed E-state index contributed by atoms with van der Waals surface area (Å²) >= 11 is 0. The molecule has 1 aliphatic carbocycles. The van der Waals surface area contributed by atoms with Crippen molar-refractivity contribution in [1.29, 1.82) is 0 Å². The van der Waals surface area contributed by atoms with Crippen molar-refractivity contribution in [3.05, 3.63) is 58.5 Å². The Bertz CT molecular complexity index is 1510. The number of aliphatic hydroxyl groups excluding tert-OH is 2. The fourth-order valence-corrected chi connectivity index (χ4v) is 5.95. The van der Waals surface area contributed by atoms with Gasteiger partial charge in [0.05, 0.1) is 28.4 Å². The standard InChI is InChI=1S/C26H30N6O3/c1-26(2)11-20-30-18-9-14(4-6-16(18)25(35)32(20)12-26)3-5-15-10-19(22(34)21(15)33)31-8-7-17-23(27)28-13-29-24(17)31/h4,6-9,13,15,19,21-22,33-34H,3,5,10-12H2,1-2H3,(H2,27,28,29)/t15-,19+,21+,22-/m0/s1. The third-order valence-electron chi connectivity index (χ3n) is 7.79. The predicted molar refractivity (Wildman–Crippen MR) is 133 cm³/mol. The molecule has 1 saturated carbocycles. The van der Waals surface area contributed by atoms with Crippen LogP contribution in [0, 0.1) is 11.3 Å². The number of hydrogen-bond acceptors (Lipinski definition) is 7. The molecule has 0 spiro atoms. The SMILES string of the molecule is CC1(C)Cc2nc3cc(CC[C@H]4C[C@@H](n5ccc6c(N)ncnc65)[C@H](O)[C@@H]4O)ccc3c(=O)n2C1. The van der Waals surface area contributed by atoms with Crippen LogP contribution in [-0.2, 0) is 19.4 Å². The van der Waals surface area contributed by atoms with E-state index in [4.69, 9.17) is 10.7 Å². The number of nitrogens with zero attached hydrogens (tertiary/aromatic N) is 5. The number of nitrogens with two attached hydrogens (primary N) is 1. The fourth-order valence-electron chi connectivity index (χ4n) is 5.95. The topological polar surface area (TPSA) is 132 Å². The van der Waals surface area contributed by atoms with Gasteiger partial charge in [0, 0.05) is 19.2 Å². The van der Waals surface area contributed by atoms with Crippen LogP contribution >= 0.6 is 0 Å². The van der Waals surface area contributed by atoms with Gasteiger partial charge in [0.1, 0.15) is 29.7 Å². The predicted octanol–water partition coefficient (Wildman–Crippen LogP) is 2.22. The van der Waals surface area contributed by atoms with Gasteiger partial charge in [-0.1, -0.05) is 19.9 Å². The number of fused-ring (bicyclic) bond motifs is 3. The lowest BCUT2D eigenvalue weighted by Gasteiger charge is -2.19. The summed E-state index contributed by atoms with van der Waals surface area (Å²) in [5, 5.41) is 23.0. The van der Waals surface area contributed by atoms with Gasteiger partial charge in [-0.2, -0.15) is 0 Å². The smallest absolute Gasteiger partial charge is 0.261 e. The molecule has 6 rings (SSSR count). The molecule has 0 radical (unpaired) electrons. The summed E-state index contributed by atoms with van der Waals surface area (Å²) in [7, 11) is 0. The molecule has 4 aromatic rings. The average Bonchev–Trinajstić information content (AvgIpc) is 3.47. The van der Waals surface area contributed by atoms with Crippen molar-refractivity contribution in [1.82, 2.24) is 24.1 Å². The highest BCUT2D eigenvalue weighted by atomic mass is 16.3. The molecule has 1 aromatic carbocycles. The molecule has 4 atom stereocenters. The second-order valence-corrected chi connectivity index (χ2v) is 10.9. The highest BCUT2D eigenvalue weighted by Crippen LogP contribution is 2.39. The number of benzene rings is 1. The molecule has 9 nitrogen and oxygen atoms in total. The Balaban J connectivity index is 1.21. The summed E-state index contributed by atoms with van der Waals surface area (Å²) in [6, 6.07) is 7.41. The number of aryl methyl sites for hydroxylation is 1. The molecular formula is C26H30N6O3. The quantitative estimate of drug-likeness (QED) is 0.413. The number of nitrogen functional groups attached to an aromatic ring is 1. The van der Waals surface area contributed by atoms with Crippen LogP contribution in [0.5, 0.6) is 0 Å². The Labute approximate surface area is 202 Å². The van der Waals surface area contributed by atoms with Gasteiger partial charge in [0.15, 0.2) is 0 Å². The average molecular weight is 475 g/mol. The van der Waals surface area contributed by atoms with Gasteiger partial charge >= 0.3 is 0 Å². The number of hydrogen-bond donors (Lipinski definition) is 3. The zero-order chi connectivity index (χ0) is 24.5. The van der Waals surface area contributed by atoms with Crippen LogP contribution in [0.4, 0.5) is 5.82 Å². The molecule has 35 heavy (non-hydrogen) atoms. The zero-order valence-corrected chi connectivity index (χ0v) is 19.9. The van der Waals surface area contributed by atoms with Crippen molar-refractivity contribution in [3.63, 3.8) is 0 Å². The van der Waals surface area contributed by atoms with Crippen LogP contribution in [-0.4, -0.2) is 46.5 Å². The monoisotopic (exact) mass is 474 g/mol. The summed E-state index contributed by atoms with van der Waals surface area (Å²) in [4.78, 5) is 26.1. The van der Waals surface area contributed by atoms with E-state index in [1.54, 1.807) is 0 Å². The van der Waals surface area contributed by atoms with Gasteiger partial charge in [0.25, 0.3) is 5.56 Å². The first-order valence-electron chi connectivity index (χ1n) is 12.2. The lowest BCUT2D eigenvalue weighted by atomic mass is 9.92. The van der Waals surface area contributed by atoms with Crippen LogP contribution in [0.1, 0.15) is 44.1 Å². The Morgan fingerprint density at radius 3 is 2.80 bits per heavy atom. The maximum atomic E-state index is 13.0. The summed E-state index contributed by atoms with van der Waals surface area (Å²) in [5.74, 6) is 1.18. The third-order valence-corrected chi connectivity index (χ3v) is 7.79. The highest BCUT2D eigenvalue weighted by Gasteiger charge is 2.42. The Morgan fingerprint density at radius 2 is 1.97 bits per heavy atom. The number of rotatable bonds is 4. The Hall–Kier alpha value is -3.30. The van der Waals surface area contributed by atoms with Crippen LogP contribution in [0.25, 0.3) is 21.9 Å². The number of anilines is 1. The van der Waals surface area contributed by atoms with Crippen molar-refractivity contribution < 1.29 is 10.2 Å². The normalized spacial score (nSPS) is 25.5. The van der Waals surface area contributed by atoms with Crippen LogP contribution < -0.4 is 11.3 Å². The number of aliphatic hydroxyl groups is 2. The first-order valence-corrected chi connectivity index (χ1v) is 12.2. The second-order valence-electron chi connectivity index (χ2n) is 10.9. The molecule has 3 aromatic heterocycles. The molecule has 1 fully saturated rings. The first-order chi connectivity index (χ1) is 16.7. The first kappa shape index (κ1) is 22.2. The summed E-state index contributed by atoms with van der Waals surface area (Å²) in [6.07, 6.45) is 4.41. The van der Waals surface area contributed by atoms with Gasteiger partial charge in [0.2, 0.25) is 0 Å². The van der Waals surface area contributed by atoms with Gasteiger partial charge in [-0.3, -0.25) is 9.36 Å². The van der Waals surface area contributed by atoms with Crippen LogP contribution in [0.15, 0.2) is 41.6 Å². The largest absolute Gasteiger partial charge is 0.390 e. The van der Waals surface area contributed by atoms with Crippen LogP contribution in [0.2, 0.25) is 0 Å². The zero-order valence-electron chi connectivity index (χ0n) is 19.9. The molecule has 0 bridgehead atoms. The minimum Gasteiger partial charge on any atom is -0.390 e. The molecule has 182 valence electrons. The molecule has 1 aliphatic heterocycles. The summed E-state index contributed by atoms with van der Waals surface area (Å²) in [5.41, 5.74) is 8.50. The highest BCUT2D eigenvalue weighted by molar-refractivity contribution is 5.86. The molecule has 4 heterocycles. The van der Waals surface area contributed by atoms with Crippen molar-refractivity contribution in [3.8, 4) is 0 Å². The van der Waals surface area contributed by atoms with E-state index < -0.39 is 12.2 Å². The molecule has 4 N–H and O–H groups in total. The van der Waals surface area contributed by atoms with E-state index in [2.05, 4.69) is 23.8 Å². The van der Waals surface area contributed by atoms with Gasteiger partial charge in [-0.15, -0.1) is 0 Å². The summed E-state index contributed by atoms with van der Waals surface area (Å²) < 4.78 is 3.71. The van der Waals surface area contributed by atoms with Gasteiger partial charge < -0.3 is 20.5 Å². The molecule has 9 heteroatoms. The van der Waals surface area contributed by atoms with Gasteiger partial charge in [-0.05, 0) is 54.4 Å². The van der Waals surface area contributed by atoms with E-state index >= 15 is 0 Å². The third kappa shape index (κ3) is 3.61. The van der Waals surface area contributed by atoms with E-state index in [0.717, 1.165) is 35.1 Å². The van der Waals surface area contributed by atoms with E-state index in [1.807, 2.05) is 39.6 Å². The van der Waals surface area contributed by atoms with E-state index in [-0.39, 0.29) is 22.9 Å². The van der Waals surface area contributed by atoms with Crippen molar-refractivity contribution in [2.45, 2.75) is 64.3 Å². The minimum absolute atomic E-state index is 0.0303. The molecular weight excluding hydrogens is 444 g/mol. The van der Waals surface area contributed by atoms with E-state index in [0.29, 0.717) is 36.2 Å². The lowest BCUT2D eigenvalue weighted by molar-refractivity contribution is 0.00545. The molecule has 0 saturated heterocycles. The fraction of sp³-hybridized carbons (Fsp3) is 0.462. The Kier molecular flexibility index (Phi) is 4.98. The van der Waals surface area contributed by atoms with Gasteiger partial charge in [-0.25, -0.2) is 15.0 Å². The maximum absolute atomic E-state index is 13.0. The molecule has 0 amide bonds. The van der Waals surface area contributed by atoms with E-state index in [1.165, 1.54) is 6.33 Å².